The molecule has 0 aliphatic rings. The van der Waals surface area contributed by atoms with E-state index in [1.54, 1.807) is 60.7 Å². The number of ether oxygens (including phenoxy) is 1. The minimum atomic E-state index is -4.12. The van der Waals surface area contributed by atoms with E-state index in [0.717, 1.165) is 9.87 Å². The molecular weight excluding hydrogens is 478 g/mol. The number of halogens is 2. The molecule has 29 heavy (non-hydrogen) atoms. The number of aryl methyl sites for hydroxylation is 1. The third kappa shape index (κ3) is 4.98. The van der Waals surface area contributed by atoms with Gasteiger partial charge in [0.25, 0.3) is 15.9 Å². The van der Waals surface area contributed by atoms with Crippen molar-refractivity contribution in [3.63, 3.8) is 0 Å². The van der Waals surface area contributed by atoms with Crippen molar-refractivity contribution in [3.8, 4) is 5.75 Å². The molecule has 0 aliphatic heterocycles. The van der Waals surface area contributed by atoms with Crippen molar-refractivity contribution < 1.29 is 17.9 Å². The van der Waals surface area contributed by atoms with E-state index in [4.69, 9.17) is 16.3 Å². The van der Waals surface area contributed by atoms with Gasteiger partial charge in [-0.1, -0.05) is 47.5 Å². The van der Waals surface area contributed by atoms with Gasteiger partial charge in [-0.15, -0.1) is 0 Å². The number of amides is 1. The standard InChI is InChI=1S/C21H17BrClNO4S/c1-15-7-10-18(11-8-15)29(26,27)24(17-5-3-2-4-6-17)21(25)14-28-20-12-9-16(23)13-19(20)22/h2-13H,14H2,1H3. The zero-order chi connectivity index (χ0) is 21.0. The number of rotatable bonds is 6. The smallest absolute Gasteiger partial charge is 0.278 e. The first-order valence-corrected chi connectivity index (χ1v) is 11.2. The van der Waals surface area contributed by atoms with Gasteiger partial charge in [-0.05, 0) is 65.3 Å². The van der Waals surface area contributed by atoms with E-state index < -0.39 is 22.5 Å². The largest absolute Gasteiger partial charge is 0.483 e. The Bertz CT molecular complexity index is 1120. The predicted molar refractivity (Wildman–Crippen MR) is 117 cm³/mol. The molecule has 0 fully saturated rings. The van der Waals surface area contributed by atoms with Crippen LogP contribution in [0.2, 0.25) is 5.02 Å². The molecular formula is C21H17BrClNO4S. The van der Waals surface area contributed by atoms with Crippen molar-refractivity contribution in [2.24, 2.45) is 0 Å². The van der Waals surface area contributed by atoms with E-state index in [1.165, 1.54) is 12.1 Å². The lowest BCUT2D eigenvalue weighted by molar-refractivity contribution is -0.119. The quantitative estimate of drug-likeness (QED) is 0.472. The average Bonchev–Trinajstić information content (AvgIpc) is 2.68. The first-order valence-electron chi connectivity index (χ1n) is 8.57. The SMILES string of the molecule is Cc1ccc(S(=O)(=O)N(C(=O)COc2ccc(Cl)cc2Br)c2ccccc2)cc1. The van der Waals surface area contributed by atoms with Crippen LogP contribution in [0.3, 0.4) is 0 Å². The lowest BCUT2D eigenvalue weighted by Crippen LogP contribution is -2.40. The summed E-state index contributed by atoms with van der Waals surface area (Å²) in [6.45, 7) is 1.38. The Balaban J connectivity index is 1.93. The van der Waals surface area contributed by atoms with Gasteiger partial charge in [0.1, 0.15) is 5.75 Å². The molecule has 0 aliphatic carbocycles. The van der Waals surface area contributed by atoms with Crippen molar-refractivity contribution in [2.45, 2.75) is 11.8 Å². The predicted octanol–water partition coefficient (Wildman–Crippen LogP) is 5.21. The third-order valence-electron chi connectivity index (χ3n) is 4.02. The molecule has 0 radical (unpaired) electrons. The van der Waals surface area contributed by atoms with Crippen LogP contribution < -0.4 is 9.04 Å². The van der Waals surface area contributed by atoms with Gasteiger partial charge in [-0.25, -0.2) is 8.42 Å². The summed E-state index contributed by atoms with van der Waals surface area (Å²) in [6.07, 6.45) is 0. The zero-order valence-corrected chi connectivity index (χ0v) is 18.5. The molecule has 0 atom stereocenters. The molecule has 1 amide bonds. The van der Waals surface area contributed by atoms with Gasteiger partial charge in [0.15, 0.2) is 6.61 Å². The maximum absolute atomic E-state index is 13.2. The third-order valence-corrected chi connectivity index (χ3v) is 6.64. The molecule has 0 saturated carbocycles. The minimum absolute atomic E-state index is 0.0213. The van der Waals surface area contributed by atoms with Gasteiger partial charge in [0, 0.05) is 5.02 Å². The number of para-hydroxylation sites is 1. The van der Waals surface area contributed by atoms with E-state index in [-0.39, 0.29) is 10.6 Å². The van der Waals surface area contributed by atoms with Gasteiger partial charge in [-0.3, -0.25) is 4.79 Å². The summed E-state index contributed by atoms with van der Waals surface area (Å²) in [6, 6.07) is 19.3. The second kappa shape index (κ2) is 8.98. The molecule has 0 aromatic heterocycles. The van der Waals surface area contributed by atoms with Crippen LogP contribution in [-0.2, 0) is 14.8 Å². The molecule has 0 spiro atoms. The van der Waals surface area contributed by atoms with Gasteiger partial charge in [0.2, 0.25) is 0 Å². The van der Waals surface area contributed by atoms with Crippen LogP contribution >= 0.6 is 27.5 Å². The highest BCUT2D eigenvalue weighted by molar-refractivity contribution is 9.10. The molecule has 150 valence electrons. The zero-order valence-electron chi connectivity index (χ0n) is 15.4. The second-order valence-electron chi connectivity index (χ2n) is 6.18. The topological polar surface area (TPSA) is 63.7 Å². The number of hydrogen-bond acceptors (Lipinski definition) is 4. The Kier molecular flexibility index (Phi) is 6.62. The van der Waals surface area contributed by atoms with Crippen LogP contribution in [0.1, 0.15) is 5.56 Å². The molecule has 3 aromatic rings. The summed E-state index contributed by atoms with van der Waals surface area (Å²) in [5, 5.41) is 0.503. The van der Waals surface area contributed by atoms with Crippen molar-refractivity contribution in [2.75, 3.05) is 10.9 Å². The summed E-state index contributed by atoms with van der Waals surface area (Å²) in [5.41, 5.74) is 1.15. The first kappa shape index (κ1) is 21.4. The molecule has 8 heteroatoms. The number of sulfonamides is 1. The highest BCUT2D eigenvalue weighted by Gasteiger charge is 2.31. The Labute approximate surface area is 183 Å². The summed E-state index contributed by atoms with van der Waals surface area (Å²) in [4.78, 5) is 13.0. The first-order chi connectivity index (χ1) is 13.8. The van der Waals surface area contributed by atoms with Gasteiger partial charge in [0.05, 0.1) is 15.1 Å². The molecule has 5 nitrogen and oxygen atoms in total. The van der Waals surface area contributed by atoms with Crippen molar-refractivity contribution in [3.05, 3.63) is 87.9 Å². The molecule has 3 aromatic carbocycles. The lowest BCUT2D eigenvalue weighted by Gasteiger charge is -2.23. The number of carbonyl (C=O) groups is 1. The molecule has 0 N–H and O–H groups in total. The molecule has 0 bridgehead atoms. The maximum Gasteiger partial charge on any atom is 0.278 e. The van der Waals surface area contributed by atoms with E-state index in [1.807, 2.05) is 6.92 Å². The highest BCUT2D eigenvalue weighted by Crippen LogP contribution is 2.29. The van der Waals surface area contributed by atoms with Crippen LogP contribution in [0.15, 0.2) is 82.2 Å². The number of hydrogen-bond donors (Lipinski definition) is 0. The molecule has 0 saturated heterocycles. The number of benzene rings is 3. The summed E-state index contributed by atoms with van der Waals surface area (Å²) in [5.74, 6) is -0.345. The monoisotopic (exact) mass is 493 g/mol. The Morgan fingerprint density at radius 1 is 1.03 bits per heavy atom. The lowest BCUT2D eigenvalue weighted by atomic mass is 10.2. The molecule has 3 rings (SSSR count). The van der Waals surface area contributed by atoms with E-state index in [0.29, 0.717) is 15.2 Å². The van der Waals surface area contributed by atoms with E-state index in [2.05, 4.69) is 15.9 Å². The summed E-state index contributed by atoms with van der Waals surface area (Å²) < 4.78 is 33.3. The highest BCUT2D eigenvalue weighted by atomic mass is 79.9. The Morgan fingerprint density at radius 2 is 1.69 bits per heavy atom. The number of carbonyl (C=O) groups excluding carboxylic acids is 1. The fourth-order valence-corrected chi connectivity index (χ4v) is 4.79. The average molecular weight is 495 g/mol. The van der Waals surface area contributed by atoms with Crippen LogP contribution in [-0.4, -0.2) is 20.9 Å². The van der Waals surface area contributed by atoms with Crippen molar-refractivity contribution in [1.82, 2.24) is 0 Å². The van der Waals surface area contributed by atoms with Crippen molar-refractivity contribution >= 4 is 49.1 Å². The number of nitrogens with zero attached hydrogens (tertiary/aromatic N) is 1. The van der Waals surface area contributed by atoms with E-state index in [9.17, 15) is 13.2 Å². The van der Waals surface area contributed by atoms with Gasteiger partial charge < -0.3 is 4.74 Å². The van der Waals surface area contributed by atoms with Gasteiger partial charge >= 0.3 is 0 Å². The normalized spacial score (nSPS) is 11.1. The minimum Gasteiger partial charge on any atom is -0.483 e. The summed E-state index contributed by atoms with van der Waals surface area (Å²) >= 11 is 9.22. The second-order valence-corrected chi connectivity index (χ2v) is 9.25. The van der Waals surface area contributed by atoms with Crippen LogP contribution in [0.4, 0.5) is 5.69 Å². The molecule has 0 unspecified atom stereocenters. The Hall–Kier alpha value is -2.35. The van der Waals surface area contributed by atoms with Crippen molar-refractivity contribution in [1.29, 1.82) is 0 Å². The number of anilines is 1. The van der Waals surface area contributed by atoms with E-state index >= 15 is 0 Å². The fourth-order valence-electron chi connectivity index (χ4n) is 2.59. The fraction of sp³-hybridized carbons (Fsp3) is 0.0952. The van der Waals surface area contributed by atoms with Gasteiger partial charge in [-0.2, -0.15) is 4.31 Å². The summed E-state index contributed by atoms with van der Waals surface area (Å²) in [7, 11) is -4.12. The van der Waals surface area contributed by atoms with Crippen LogP contribution in [0.25, 0.3) is 0 Å². The van der Waals surface area contributed by atoms with Crippen LogP contribution in [0, 0.1) is 6.92 Å². The Morgan fingerprint density at radius 3 is 2.31 bits per heavy atom. The molecule has 0 heterocycles. The van der Waals surface area contributed by atoms with Crippen LogP contribution in [0.5, 0.6) is 5.75 Å². The maximum atomic E-state index is 13.2.